The lowest BCUT2D eigenvalue weighted by Crippen LogP contribution is -2.35. The molecule has 0 atom stereocenters. The Morgan fingerprint density at radius 3 is 2.72 bits per heavy atom. The highest BCUT2D eigenvalue weighted by Crippen LogP contribution is 2.27. The number of aryl methyl sites for hydroxylation is 1. The molecule has 3 rings (SSSR count). The number of sulfonamides is 1. The summed E-state index contributed by atoms with van der Waals surface area (Å²) in [5, 5.41) is 12.3. The van der Waals surface area contributed by atoms with Gasteiger partial charge in [-0.3, -0.25) is 4.79 Å². The number of H-pyrrole nitrogens is 1. The number of likely N-dealkylation sites (N-methyl/N-ethyl adjacent to an activating group) is 1. The van der Waals surface area contributed by atoms with Crippen molar-refractivity contribution in [3.63, 3.8) is 0 Å². The van der Waals surface area contributed by atoms with E-state index < -0.39 is 22.5 Å². The number of methoxy groups -OCH3 is 1. The molecule has 0 fully saturated rings. The summed E-state index contributed by atoms with van der Waals surface area (Å²) >= 11 is 0. The van der Waals surface area contributed by atoms with Crippen LogP contribution in [0, 0.1) is 18.3 Å². The van der Waals surface area contributed by atoms with Crippen LogP contribution in [0.25, 0.3) is 10.9 Å². The van der Waals surface area contributed by atoms with Crippen LogP contribution in [-0.2, 0) is 14.8 Å². The first kappa shape index (κ1) is 20.3. The topological polar surface area (TPSA) is 128 Å². The Balaban J connectivity index is 1.83. The number of nitriles is 1. The maximum absolute atomic E-state index is 13.1. The van der Waals surface area contributed by atoms with Crippen LogP contribution in [0.5, 0.6) is 5.88 Å². The van der Waals surface area contributed by atoms with Crippen molar-refractivity contribution >= 4 is 32.5 Å². The number of anilines is 1. The average Bonchev–Trinajstić information content (AvgIpc) is 3.10. The number of pyridine rings is 1. The first-order valence-corrected chi connectivity index (χ1v) is 9.98. The van der Waals surface area contributed by atoms with E-state index in [1.54, 1.807) is 31.2 Å². The van der Waals surface area contributed by atoms with Gasteiger partial charge in [-0.2, -0.15) is 9.57 Å². The van der Waals surface area contributed by atoms with E-state index in [0.29, 0.717) is 22.5 Å². The van der Waals surface area contributed by atoms with E-state index in [1.165, 1.54) is 26.4 Å². The molecule has 150 valence electrons. The van der Waals surface area contributed by atoms with Crippen LogP contribution in [0.3, 0.4) is 0 Å². The van der Waals surface area contributed by atoms with Crippen molar-refractivity contribution in [3.05, 3.63) is 47.8 Å². The fourth-order valence-electron chi connectivity index (χ4n) is 2.85. The molecule has 0 bridgehead atoms. The second-order valence-electron chi connectivity index (χ2n) is 6.42. The summed E-state index contributed by atoms with van der Waals surface area (Å²) in [6.07, 6.45) is 1.41. The summed E-state index contributed by atoms with van der Waals surface area (Å²) in [5.41, 5.74) is 1.73. The number of benzene rings is 1. The van der Waals surface area contributed by atoms with Crippen LogP contribution in [0.2, 0.25) is 0 Å². The maximum atomic E-state index is 13.1. The van der Waals surface area contributed by atoms with E-state index in [9.17, 15) is 13.2 Å². The lowest BCUT2D eigenvalue weighted by atomic mass is 10.2. The molecule has 10 heteroatoms. The Bertz CT molecular complexity index is 1210. The summed E-state index contributed by atoms with van der Waals surface area (Å²) in [6.45, 7) is 1.37. The zero-order valence-electron chi connectivity index (χ0n) is 16.1. The minimum absolute atomic E-state index is 0.00964. The van der Waals surface area contributed by atoms with Crippen LogP contribution >= 0.6 is 0 Å². The van der Waals surface area contributed by atoms with Gasteiger partial charge in [0.05, 0.1) is 31.1 Å². The fourth-order valence-corrected chi connectivity index (χ4v) is 4.23. The van der Waals surface area contributed by atoms with Crippen molar-refractivity contribution in [3.8, 4) is 11.9 Å². The van der Waals surface area contributed by atoms with E-state index in [-0.39, 0.29) is 10.6 Å². The molecule has 2 heterocycles. The third-order valence-electron chi connectivity index (χ3n) is 4.24. The molecular weight excluding hydrogens is 394 g/mol. The fraction of sp³-hybridized carbons (Fsp3) is 0.211. The van der Waals surface area contributed by atoms with Gasteiger partial charge in [0, 0.05) is 18.5 Å². The number of nitrogens with zero attached hydrogens (tertiary/aromatic N) is 3. The van der Waals surface area contributed by atoms with E-state index in [1.807, 2.05) is 6.07 Å². The Morgan fingerprint density at radius 2 is 2.10 bits per heavy atom. The van der Waals surface area contributed by atoms with Gasteiger partial charge in [-0.1, -0.05) is 0 Å². The number of rotatable bonds is 6. The SMILES string of the molecule is COc1ccc(NC(=O)CN(C)S(=O)(=O)c2cc(C)cc3cc(C#N)[nH]c23)cn1. The van der Waals surface area contributed by atoms with Crippen molar-refractivity contribution in [2.24, 2.45) is 0 Å². The van der Waals surface area contributed by atoms with E-state index >= 15 is 0 Å². The minimum Gasteiger partial charge on any atom is -0.481 e. The first-order chi connectivity index (χ1) is 13.7. The number of nitrogens with one attached hydrogen (secondary N) is 2. The number of aromatic amines is 1. The molecule has 2 aromatic heterocycles. The summed E-state index contributed by atoms with van der Waals surface area (Å²) < 4.78 is 32.1. The molecule has 1 aromatic carbocycles. The second kappa shape index (κ2) is 7.90. The van der Waals surface area contributed by atoms with Gasteiger partial charge in [-0.25, -0.2) is 13.4 Å². The van der Waals surface area contributed by atoms with Crippen molar-refractivity contribution in [2.75, 3.05) is 26.0 Å². The van der Waals surface area contributed by atoms with Gasteiger partial charge in [0.1, 0.15) is 16.7 Å². The van der Waals surface area contributed by atoms with Gasteiger partial charge >= 0.3 is 0 Å². The predicted molar refractivity (Wildman–Crippen MR) is 107 cm³/mol. The number of hydrogen-bond acceptors (Lipinski definition) is 6. The molecule has 0 aliphatic heterocycles. The number of amides is 1. The Hall–Kier alpha value is -3.42. The van der Waals surface area contributed by atoms with E-state index in [0.717, 1.165) is 9.87 Å². The molecule has 0 aliphatic rings. The maximum Gasteiger partial charge on any atom is 0.245 e. The van der Waals surface area contributed by atoms with Crippen LogP contribution in [0.1, 0.15) is 11.3 Å². The molecule has 2 N–H and O–H groups in total. The summed E-state index contributed by atoms with van der Waals surface area (Å²) in [6, 6.07) is 10.0. The molecule has 3 aromatic rings. The number of carbonyl (C=O) groups is 1. The number of hydrogen-bond donors (Lipinski definition) is 2. The quantitative estimate of drug-likeness (QED) is 0.636. The van der Waals surface area contributed by atoms with Crippen molar-refractivity contribution < 1.29 is 17.9 Å². The highest BCUT2D eigenvalue weighted by molar-refractivity contribution is 7.89. The van der Waals surface area contributed by atoms with E-state index in [2.05, 4.69) is 15.3 Å². The smallest absolute Gasteiger partial charge is 0.245 e. The Labute approximate surface area is 168 Å². The molecule has 0 spiro atoms. The lowest BCUT2D eigenvalue weighted by Gasteiger charge is -2.18. The number of aromatic nitrogens is 2. The molecule has 0 aliphatic carbocycles. The van der Waals surface area contributed by atoms with Gasteiger partial charge in [-0.15, -0.1) is 0 Å². The summed E-state index contributed by atoms with van der Waals surface area (Å²) in [7, 11) is -1.18. The molecule has 0 radical (unpaired) electrons. The average molecular weight is 413 g/mol. The Morgan fingerprint density at radius 1 is 1.34 bits per heavy atom. The Kier molecular flexibility index (Phi) is 5.54. The number of ether oxygens (including phenoxy) is 1. The minimum atomic E-state index is -3.98. The second-order valence-corrected chi connectivity index (χ2v) is 8.43. The summed E-state index contributed by atoms with van der Waals surface area (Å²) in [4.78, 5) is 19.1. The molecule has 9 nitrogen and oxygen atoms in total. The van der Waals surface area contributed by atoms with Crippen molar-refractivity contribution in [2.45, 2.75) is 11.8 Å². The van der Waals surface area contributed by atoms with Crippen LogP contribution < -0.4 is 10.1 Å². The molecule has 1 amide bonds. The molecule has 0 unspecified atom stereocenters. The zero-order valence-corrected chi connectivity index (χ0v) is 16.9. The first-order valence-electron chi connectivity index (χ1n) is 8.54. The predicted octanol–water partition coefficient (Wildman–Crippen LogP) is 2.01. The largest absolute Gasteiger partial charge is 0.481 e. The molecule has 29 heavy (non-hydrogen) atoms. The van der Waals surface area contributed by atoms with Crippen molar-refractivity contribution in [1.82, 2.24) is 14.3 Å². The number of fused-ring (bicyclic) bond motifs is 1. The third kappa shape index (κ3) is 4.21. The van der Waals surface area contributed by atoms with Crippen molar-refractivity contribution in [1.29, 1.82) is 5.26 Å². The monoisotopic (exact) mass is 413 g/mol. The van der Waals surface area contributed by atoms with Gasteiger partial charge in [0.25, 0.3) is 0 Å². The van der Waals surface area contributed by atoms with Gasteiger partial charge in [0.2, 0.25) is 21.8 Å². The third-order valence-corrected chi connectivity index (χ3v) is 6.07. The highest BCUT2D eigenvalue weighted by atomic mass is 32.2. The van der Waals surface area contributed by atoms with Gasteiger partial charge in [0.15, 0.2) is 0 Å². The van der Waals surface area contributed by atoms with Gasteiger partial charge < -0.3 is 15.0 Å². The van der Waals surface area contributed by atoms with Gasteiger partial charge in [-0.05, 0) is 36.8 Å². The summed E-state index contributed by atoms with van der Waals surface area (Å²) in [5.74, 6) is -0.120. The van der Waals surface area contributed by atoms with Crippen LogP contribution in [0.15, 0.2) is 41.4 Å². The molecule has 0 saturated heterocycles. The van der Waals surface area contributed by atoms with Crippen LogP contribution in [0.4, 0.5) is 5.69 Å². The normalized spacial score (nSPS) is 11.4. The van der Waals surface area contributed by atoms with E-state index in [4.69, 9.17) is 10.00 Å². The number of carbonyl (C=O) groups excluding carboxylic acids is 1. The van der Waals surface area contributed by atoms with Crippen LogP contribution in [-0.4, -0.2) is 49.3 Å². The highest BCUT2D eigenvalue weighted by Gasteiger charge is 2.26. The molecular formula is C19H19N5O4S. The lowest BCUT2D eigenvalue weighted by molar-refractivity contribution is -0.116. The standard InChI is InChI=1S/C19H19N5O4S/c1-12-6-13-8-15(9-20)23-19(13)16(7-12)29(26,27)24(2)11-17(25)22-14-4-5-18(28-3)21-10-14/h4-8,10,23H,11H2,1-3H3,(H,22,25). The zero-order chi connectivity index (χ0) is 21.2. The molecule has 0 saturated carbocycles.